The number of carbonyl (C=O) groups is 1. The molecule has 3 heterocycles. The lowest BCUT2D eigenvalue weighted by atomic mass is 9.49. The van der Waals surface area contributed by atoms with Crippen LogP contribution in [0.15, 0.2) is 30.4 Å². The molecule has 0 radical (unpaired) electrons. The minimum absolute atomic E-state index is 0.0734. The van der Waals surface area contributed by atoms with Gasteiger partial charge in [0, 0.05) is 12.3 Å². The van der Waals surface area contributed by atoms with Crippen molar-refractivity contribution in [2.75, 3.05) is 0 Å². The fourth-order valence-electron chi connectivity index (χ4n) is 8.19. The number of ether oxygens (including phenoxy) is 3. The molecule has 1 aromatic rings. The van der Waals surface area contributed by atoms with Gasteiger partial charge in [-0.1, -0.05) is 31.2 Å². The number of rotatable bonds is 2. The summed E-state index contributed by atoms with van der Waals surface area (Å²) in [6.45, 7) is 8.39. The van der Waals surface area contributed by atoms with Crippen molar-refractivity contribution in [1.82, 2.24) is 0 Å². The Bertz CT molecular complexity index is 1100. The first kappa shape index (κ1) is 20.8. The second kappa shape index (κ2) is 6.17. The van der Waals surface area contributed by atoms with E-state index in [1.165, 1.54) is 16.7 Å². The molecular formula is C28H34O5. The highest BCUT2D eigenvalue weighted by Gasteiger charge is 2.75. The molecule has 3 aliphatic heterocycles. The molecule has 1 saturated carbocycles. The topological polar surface area (TPSA) is 71.6 Å². The Hall–Kier alpha value is -1.53. The van der Waals surface area contributed by atoms with E-state index in [1.54, 1.807) is 6.08 Å². The lowest BCUT2D eigenvalue weighted by Gasteiger charge is -2.51. The van der Waals surface area contributed by atoms with E-state index in [1.807, 2.05) is 13.0 Å². The van der Waals surface area contributed by atoms with Gasteiger partial charge in [0.2, 0.25) is 0 Å². The van der Waals surface area contributed by atoms with Crippen LogP contribution in [0, 0.1) is 11.3 Å². The maximum Gasteiger partial charge on any atom is 0.186 e. The molecule has 10 unspecified atom stereocenters. The Morgan fingerprint density at radius 1 is 1.21 bits per heavy atom. The summed E-state index contributed by atoms with van der Waals surface area (Å²) >= 11 is 0. The van der Waals surface area contributed by atoms with Crippen LogP contribution in [0.25, 0.3) is 0 Å². The van der Waals surface area contributed by atoms with Crippen molar-refractivity contribution in [2.45, 2.75) is 107 Å². The first-order valence-electron chi connectivity index (χ1n) is 12.7. The van der Waals surface area contributed by atoms with Crippen molar-refractivity contribution in [3.8, 4) is 0 Å². The van der Waals surface area contributed by atoms with Crippen LogP contribution in [0.4, 0.5) is 0 Å². The molecular weight excluding hydrogens is 416 g/mol. The lowest BCUT2D eigenvalue weighted by Crippen LogP contribution is -2.56. The average Bonchev–Trinajstić information content (AvgIpc) is 3.64. The van der Waals surface area contributed by atoms with Crippen molar-refractivity contribution in [1.29, 1.82) is 0 Å². The number of ketones is 1. The highest BCUT2D eigenvalue weighted by Crippen LogP contribution is 2.69. The van der Waals surface area contributed by atoms with Crippen LogP contribution in [0.5, 0.6) is 0 Å². The second-order valence-electron chi connectivity index (χ2n) is 12.1. The number of aliphatic hydroxyl groups is 1. The monoisotopic (exact) mass is 450 g/mol. The summed E-state index contributed by atoms with van der Waals surface area (Å²) in [5.41, 5.74) is 2.54. The van der Waals surface area contributed by atoms with Crippen molar-refractivity contribution >= 4 is 5.78 Å². The number of fused-ring (bicyclic) bond motifs is 5. The van der Waals surface area contributed by atoms with Gasteiger partial charge < -0.3 is 19.3 Å². The Balaban J connectivity index is 1.18. The van der Waals surface area contributed by atoms with E-state index >= 15 is 0 Å². The molecule has 4 fully saturated rings. The summed E-state index contributed by atoms with van der Waals surface area (Å²) in [5.74, 6) is 1.15. The zero-order valence-corrected chi connectivity index (χ0v) is 20.0. The minimum atomic E-state index is -0.883. The zero-order chi connectivity index (χ0) is 23.0. The predicted molar refractivity (Wildman–Crippen MR) is 122 cm³/mol. The van der Waals surface area contributed by atoms with E-state index in [9.17, 15) is 9.90 Å². The summed E-state index contributed by atoms with van der Waals surface area (Å²) in [4.78, 5) is 13.2. The Labute approximate surface area is 195 Å². The first-order valence-corrected chi connectivity index (χ1v) is 12.7. The van der Waals surface area contributed by atoms with E-state index in [0.29, 0.717) is 11.8 Å². The van der Waals surface area contributed by atoms with Gasteiger partial charge in [-0.2, -0.15) is 0 Å². The highest BCUT2D eigenvalue weighted by atomic mass is 16.7. The predicted octanol–water partition coefficient (Wildman–Crippen LogP) is 4.17. The van der Waals surface area contributed by atoms with Crippen LogP contribution in [0.1, 0.15) is 81.9 Å². The van der Waals surface area contributed by atoms with Gasteiger partial charge in [0.25, 0.3) is 0 Å². The number of hydrogen-bond acceptors (Lipinski definition) is 5. The Morgan fingerprint density at radius 2 is 2.03 bits per heavy atom. The van der Waals surface area contributed by atoms with Crippen LogP contribution in [-0.4, -0.2) is 46.2 Å². The lowest BCUT2D eigenvalue weighted by molar-refractivity contribution is -0.187. The molecule has 1 N–H and O–H groups in total. The quantitative estimate of drug-likeness (QED) is 0.685. The molecule has 6 aliphatic rings. The fraction of sp³-hybridized carbons (Fsp3) is 0.679. The number of allylic oxidation sites excluding steroid dienone is 1. The van der Waals surface area contributed by atoms with E-state index in [2.05, 4.69) is 39.0 Å². The van der Waals surface area contributed by atoms with Gasteiger partial charge in [0.05, 0.1) is 17.6 Å². The first-order chi connectivity index (χ1) is 15.6. The standard InChI is InChI=1S/C28H34O5/c1-15(21-14-25(2)27(4,33-25)24(30)31-21)16-7-9-18-17(12-16)8-10-20-19(18)13-23-28(32-23)11-5-6-22(29)26(20,28)3/h5-7,9,12,15,19-21,23-24,30H,8,10-11,13-14H2,1-4H3. The number of epoxide rings is 2. The van der Waals surface area contributed by atoms with Crippen molar-refractivity contribution in [2.24, 2.45) is 11.3 Å². The molecule has 1 spiro atoms. The Kier molecular flexibility index (Phi) is 3.89. The van der Waals surface area contributed by atoms with Gasteiger partial charge >= 0.3 is 0 Å². The van der Waals surface area contributed by atoms with E-state index < -0.39 is 17.3 Å². The second-order valence-corrected chi connectivity index (χ2v) is 12.1. The Morgan fingerprint density at radius 3 is 2.82 bits per heavy atom. The maximum absolute atomic E-state index is 13.2. The third kappa shape index (κ3) is 2.40. The average molecular weight is 451 g/mol. The van der Waals surface area contributed by atoms with Crippen LogP contribution in [0.2, 0.25) is 0 Å². The summed E-state index contributed by atoms with van der Waals surface area (Å²) in [6.07, 6.45) is 7.79. The van der Waals surface area contributed by atoms with Gasteiger partial charge in [-0.15, -0.1) is 0 Å². The van der Waals surface area contributed by atoms with E-state index in [4.69, 9.17) is 14.2 Å². The van der Waals surface area contributed by atoms with Gasteiger partial charge in [-0.05, 0) is 81.1 Å². The van der Waals surface area contributed by atoms with Crippen molar-refractivity contribution in [3.63, 3.8) is 0 Å². The maximum atomic E-state index is 13.2. The van der Waals surface area contributed by atoms with E-state index in [-0.39, 0.29) is 35.1 Å². The minimum Gasteiger partial charge on any atom is -0.366 e. The third-order valence-corrected chi connectivity index (χ3v) is 10.8. The van der Waals surface area contributed by atoms with Crippen LogP contribution >= 0.6 is 0 Å². The number of aryl methyl sites for hydroxylation is 1. The smallest absolute Gasteiger partial charge is 0.186 e. The number of aliphatic hydroxyl groups excluding tert-OH is 1. The van der Waals surface area contributed by atoms with Gasteiger partial charge in [0.15, 0.2) is 12.1 Å². The largest absolute Gasteiger partial charge is 0.366 e. The van der Waals surface area contributed by atoms with Crippen LogP contribution in [-0.2, 0) is 25.4 Å². The van der Waals surface area contributed by atoms with E-state index in [0.717, 1.165) is 32.1 Å². The van der Waals surface area contributed by atoms with Gasteiger partial charge in [0.1, 0.15) is 16.8 Å². The fourth-order valence-corrected chi connectivity index (χ4v) is 8.19. The molecule has 7 rings (SSSR count). The molecule has 176 valence electrons. The zero-order valence-electron chi connectivity index (χ0n) is 20.0. The molecule has 5 heteroatoms. The van der Waals surface area contributed by atoms with Crippen LogP contribution < -0.4 is 0 Å². The summed E-state index contributed by atoms with van der Waals surface area (Å²) in [7, 11) is 0. The molecule has 0 aromatic heterocycles. The SMILES string of the molecule is CC(c1ccc2c(c1)CCC1C2CC2OC23CC=CC(=O)C13C)C1CC2(C)OC2(C)C(O)O1. The highest BCUT2D eigenvalue weighted by molar-refractivity contribution is 5.98. The molecule has 1 aromatic carbocycles. The molecule has 0 bridgehead atoms. The van der Waals surface area contributed by atoms with Gasteiger partial charge in [-0.25, -0.2) is 0 Å². The summed E-state index contributed by atoms with van der Waals surface area (Å²) in [5, 5.41) is 10.5. The van der Waals surface area contributed by atoms with Crippen molar-refractivity contribution in [3.05, 3.63) is 47.0 Å². The molecule has 5 nitrogen and oxygen atoms in total. The van der Waals surface area contributed by atoms with Crippen LogP contribution in [0.3, 0.4) is 0 Å². The normalized spacial score (nSPS) is 52.0. The molecule has 3 saturated heterocycles. The number of carbonyl (C=O) groups excluding carboxylic acids is 1. The number of benzene rings is 1. The summed E-state index contributed by atoms with van der Waals surface area (Å²) in [6, 6.07) is 6.90. The molecule has 0 amide bonds. The summed E-state index contributed by atoms with van der Waals surface area (Å²) < 4.78 is 18.2. The third-order valence-electron chi connectivity index (χ3n) is 10.8. The number of hydrogen-bond donors (Lipinski definition) is 1. The van der Waals surface area contributed by atoms with Crippen molar-refractivity contribution < 1.29 is 24.1 Å². The molecule has 3 aliphatic carbocycles. The molecule has 33 heavy (non-hydrogen) atoms. The van der Waals surface area contributed by atoms with Gasteiger partial charge in [-0.3, -0.25) is 4.79 Å². The molecule has 10 atom stereocenters.